The number of β-amino-alcohol motifs (C(OH)–C–C–N with tert-alkyl or cyclic N) is 1. The fourth-order valence-electron chi connectivity index (χ4n) is 2.72. The van der Waals surface area contributed by atoms with Gasteiger partial charge in [0.15, 0.2) is 0 Å². The van der Waals surface area contributed by atoms with E-state index in [1.165, 1.54) is 16.2 Å². The highest BCUT2D eigenvalue weighted by Gasteiger charge is 2.46. The molecular weight excluding hydrogens is 394 g/mol. The Kier molecular flexibility index (Phi) is 4.84. The first-order chi connectivity index (χ1) is 11.5. The molecule has 1 aromatic carbocycles. The molecule has 1 fully saturated rings. The number of rotatable bonds is 4. The Morgan fingerprint density at radius 1 is 1.21 bits per heavy atom. The normalized spacial score (nSPS) is 19.9. The third-order valence-electron chi connectivity index (χ3n) is 3.81. The lowest BCUT2D eigenvalue weighted by Crippen LogP contribution is -2.31. The van der Waals surface area contributed by atoms with Gasteiger partial charge in [-0.2, -0.15) is 0 Å². The SMILES string of the molecule is O=C1C(=O)N(CCO)C(c2cccs2)/C1=C(/O)c1ccc(Br)cc1. The van der Waals surface area contributed by atoms with Crippen molar-refractivity contribution >= 4 is 44.7 Å². The molecule has 0 saturated carbocycles. The largest absolute Gasteiger partial charge is 0.507 e. The molecule has 5 nitrogen and oxygen atoms in total. The molecule has 1 saturated heterocycles. The molecule has 0 aliphatic carbocycles. The number of nitrogens with zero attached hydrogens (tertiary/aromatic N) is 1. The van der Waals surface area contributed by atoms with E-state index in [-0.39, 0.29) is 24.5 Å². The Morgan fingerprint density at radius 2 is 1.92 bits per heavy atom. The van der Waals surface area contributed by atoms with Crippen LogP contribution in [0.3, 0.4) is 0 Å². The number of aliphatic hydroxyl groups is 2. The molecule has 1 atom stereocenters. The van der Waals surface area contributed by atoms with E-state index in [0.29, 0.717) is 5.56 Å². The summed E-state index contributed by atoms with van der Waals surface area (Å²) in [6.45, 7) is -0.225. The van der Waals surface area contributed by atoms with Crippen molar-refractivity contribution in [2.75, 3.05) is 13.2 Å². The van der Waals surface area contributed by atoms with Gasteiger partial charge in [-0.25, -0.2) is 0 Å². The van der Waals surface area contributed by atoms with E-state index in [2.05, 4.69) is 15.9 Å². The van der Waals surface area contributed by atoms with Crippen LogP contribution in [0.5, 0.6) is 0 Å². The summed E-state index contributed by atoms with van der Waals surface area (Å²) in [6.07, 6.45) is 0. The van der Waals surface area contributed by atoms with Crippen molar-refractivity contribution in [3.8, 4) is 0 Å². The van der Waals surface area contributed by atoms with E-state index in [4.69, 9.17) is 0 Å². The minimum Gasteiger partial charge on any atom is -0.507 e. The van der Waals surface area contributed by atoms with Crippen molar-refractivity contribution in [2.24, 2.45) is 0 Å². The molecule has 3 rings (SSSR count). The smallest absolute Gasteiger partial charge is 0.295 e. The van der Waals surface area contributed by atoms with Gasteiger partial charge in [-0.1, -0.05) is 34.1 Å². The fraction of sp³-hybridized carbons (Fsp3) is 0.176. The maximum Gasteiger partial charge on any atom is 0.295 e. The molecule has 7 heteroatoms. The van der Waals surface area contributed by atoms with Gasteiger partial charge in [-0.15, -0.1) is 11.3 Å². The van der Waals surface area contributed by atoms with Gasteiger partial charge in [0.05, 0.1) is 18.2 Å². The summed E-state index contributed by atoms with van der Waals surface area (Å²) < 4.78 is 0.842. The number of likely N-dealkylation sites (tertiary alicyclic amines) is 1. The molecular formula is C17H14BrNO4S. The predicted octanol–water partition coefficient (Wildman–Crippen LogP) is 2.92. The molecule has 1 amide bonds. The number of hydrogen-bond acceptors (Lipinski definition) is 5. The van der Waals surface area contributed by atoms with Crippen LogP contribution in [0, 0.1) is 0 Å². The van der Waals surface area contributed by atoms with E-state index in [9.17, 15) is 19.8 Å². The van der Waals surface area contributed by atoms with Crippen molar-refractivity contribution in [1.29, 1.82) is 0 Å². The Labute approximate surface area is 151 Å². The topological polar surface area (TPSA) is 77.8 Å². The monoisotopic (exact) mass is 407 g/mol. The Morgan fingerprint density at radius 3 is 2.50 bits per heavy atom. The maximum absolute atomic E-state index is 12.5. The van der Waals surface area contributed by atoms with Crippen molar-refractivity contribution in [2.45, 2.75) is 6.04 Å². The maximum atomic E-state index is 12.5. The average Bonchev–Trinajstić information content (AvgIpc) is 3.18. The quantitative estimate of drug-likeness (QED) is 0.463. The van der Waals surface area contributed by atoms with Gasteiger partial charge in [-0.3, -0.25) is 9.59 Å². The van der Waals surface area contributed by atoms with Crippen LogP contribution in [-0.4, -0.2) is 40.0 Å². The van der Waals surface area contributed by atoms with Crippen LogP contribution in [0.15, 0.2) is 51.8 Å². The van der Waals surface area contributed by atoms with Crippen LogP contribution in [0.2, 0.25) is 0 Å². The zero-order valence-corrected chi connectivity index (χ0v) is 14.9. The predicted molar refractivity (Wildman–Crippen MR) is 94.6 cm³/mol. The lowest BCUT2D eigenvalue weighted by atomic mass is 10.00. The molecule has 2 N–H and O–H groups in total. The minimum atomic E-state index is -0.734. The van der Waals surface area contributed by atoms with Crippen LogP contribution in [-0.2, 0) is 9.59 Å². The lowest BCUT2D eigenvalue weighted by molar-refractivity contribution is -0.140. The highest BCUT2D eigenvalue weighted by Crippen LogP contribution is 2.40. The third-order valence-corrected chi connectivity index (χ3v) is 5.26. The standard InChI is InChI=1S/C17H14BrNO4S/c18-11-5-3-10(4-6-11)15(21)13-14(12-2-1-9-24-12)19(7-8-20)17(23)16(13)22/h1-6,9,14,20-21H,7-8H2/b15-13-. The van der Waals surface area contributed by atoms with E-state index in [0.717, 1.165) is 9.35 Å². The second kappa shape index (κ2) is 6.88. The summed E-state index contributed by atoms with van der Waals surface area (Å²) >= 11 is 4.71. The zero-order valence-electron chi connectivity index (χ0n) is 12.5. The lowest BCUT2D eigenvalue weighted by Gasteiger charge is -2.23. The number of thiophene rings is 1. The van der Waals surface area contributed by atoms with Crippen molar-refractivity contribution < 1.29 is 19.8 Å². The average molecular weight is 408 g/mol. The Bertz CT molecular complexity index is 799. The van der Waals surface area contributed by atoms with Gasteiger partial charge in [-0.05, 0) is 23.6 Å². The number of aliphatic hydroxyl groups excluding tert-OH is 2. The molecule has 2 aromatic rings. The van der Waals surface area contributed by atoms with Crippen LogP contribution >= 0.6 is 27.3 Å². The second-order valence-corrected chi connectivity index (χ2v) is 7.13. The van der Waals surface area contributed by atoms with E-state index >= 15 is 0 Å². The molecule has 1 aromatic heterocycles. The molecule has 24 heavy (non-hydrogen) atoms. The molecule has 1 aliphatic heterocycles. The van der Waals surface area contributed by atoms with Gasteiger partial charge in [0, 0.05) is 21.5 Å². The summed E-state index contributed by atoms with van der Waals surface area (Å²) in [7, 11) is 0. The van der Waals surface area contributed by atoms with E-state index < -0.39 is 17.7 Å². The van der Waals surface area contributed by atoms with Crippen molar-refractivity contribution in [3.05, 3.63) is 62.3 Å². The number of amides is 1. The number of ketones is 1. The Balaban J connectivity index is 2.15. The van der Waals surface area contributed by atoms with Gasteiger partial charge >= 0.3 is 0 Å². The van der Waals surface area contributed by atoms with Gasteiger partial charge in [0.1, 0.15) is 5.76 Å². The zero-order chi connectivity index (χ0) is 17.3. The van der Waals surface area contributed by atoms with Crippen LogP contribution < -0.4 is 0 Å². The van der Waals surface area contributed by atoms with Crippen molar-refractivity contribution in [1.82, 2.24) is 4.90 Å². The molecule has 1 aliphatic rings. The van der Waals surface area contributed by atoms with Gasteiger partial charge in [0.25, 0.3) is 11.7 Å². The number of benzene rings is 1. The summed E-state index contributed by atoms with van der Waals surface area (Å²) in [6, 6.07) is 9.78. The summed E-state index contributed by atoms with van der Waals surface area (Å²) in [5.41, 5.74) is 0.514. The third kappa shape index (κ3) is 2.90. The van der Waals surface area contributed by atoms with Crippen LogP contribution in [0.1, 0.15) is 16.5 Å². The molecule has 2 heterocycles. The molecule has 0 bridgehead atoms. The highest BCUT2D eigenvalue weighted by molar-refractivity contribution is 9.10. The Hall–Kier alpha value is -1.96. The number of halogens is 1. The summed E-state index contributed by atoms with van der Waals surface area (Å²) in [5, 5.41) is 21.7. The number of carbonyl (C=O) groups excluding carboxylic acids is 2. The van der Waals surface area contributed by atoms with E-state index in [1.54, 1.807) is 30.3 Å². The number of carbonyl (C=O) groups is 2. The van der Waals surface area contributed by atoms with E-state index in [1.807, 2.05) is 11.4 Å². The first-order valence-corrected chi connectivity index (χ1v) is 8.90. The highest BCUT2D eigenvalue weighted by atomic mass is 79.9. The van der Waals surface area contributed by atoms with Crippen LogP contribution in [0.25, 0.3) is 5.76 Å². The number of hydrogen-bond donors (Lipinski definition) is 2. The summed E-state index contributed by atoms with van der Waals surface area (Å²) in [4.78, 5) is 26.9. The van der Waals surface area contributed by atoms with Crippen molar-refractivity contribution in [3.63, 3.8) is 0 Å². The molecule has 0 spiro atoms. The molecule has 0 radical (unpaired) electrons. The number of Topliss-reactive ketones (excluding diaryl/α,β-unsaturated/α-hetero) is 1. The summed E-state index contributed by atoms with van der Waals surface area (Å²) in [5.74, 6) is -1.65. The second-order valence-electron chi connectivity index (χ2n) is 5.24. The molecule has 1 unspecified atom stereocenters. The first-order valence-electron chi connectivity index (χ1n) is 7.23. The van der Waals surface area contributed by atoms with Gasteiger partial charge < -0.3 is 15.1 Å². The van der Waals surface area contributed by atoms with Gasteiger partial charge in [0.2, 0.25) is 0 Å². The van der Waals surface area contributed by atoms with Crippen LogP contribution in [0.4, 0.5) is 0 Å². The molecule has 124 valence electrons. The first kappa shape index (κ1) is 16.9. The fourth-order valence-corrected chi connectivity index (χ4v) is 3.83. The minimum absolute atomic E-state index is 0.0320.